The van der Waals surface area contributed by atoms with E-state index in [1.807, 2.05) is 0 Å². The molecular formula is C18H21ClN2O5S. The van der Waals surface area contributed by atoms with E-state index in [4.69, 9.17) is 21.1 Å². The molecule has 0 aliphatic rings. The normalized spacial score (nSPS) is 11.1. The fourth-order valence-corrected chi connectivity index (χ4v) is 3.97. The summed E-state index contributed by atoms with van der Waals surface area (Å²) in [5.74, 6) is -0.197. The molecule has 7 nitrogen and oxygen atoms in total. The highest BCUT2D eigenvalue weighted by atomic mass is 35.5. The Kier molecular flexibility index (Phi) is 7.46. The molecule has 0 heterocycles. The maximum Gasteiger partial charge on any atom is 0.264 e. The Morgan fingerprint density at radius 3 is 2.48 bits per heavy atom. The average molecular weight is 413 g/mol. The number of ether oxygens (including phenoxy) is 2. The molecule has 27 heavy (non-hydrogen) atoms. The smallest absolute Gasteiger partial charge is 0.264 e. The van der Waals surface area contributed by atoms with Gasteiger partial charge in [-0.15, -0.1) is 0 Å². The maximum absolute atomic E-state index is 13.2. The van der Waals surface area contributed by atoms with Gasteiger partial charge in [0, 0.05) is 18.7 Å². The van der Waals surface area contributed by atoms with Crippen molar-refractivity contribution in [1.82, 2.24) is 5.32 Å². The zero-order valence-electron chi connectivity index (χ0n) is 15.0. The highest BCUT2D eigenvalue weighted by molar-refractivity contribution is 7.92. The first kappa shape index (κ1) is 21.0. The lowest BCUT2D eigenvalue weighted by Crippen LogP contribution is -2.41. The molecule has 1 N–H and O–H groups in total. The number of benzene rings is 2. The van der Waals surface area contributed by atoms with Crippen LogP contribution in [0.5, 0.6) is 5.75 Å². The molecule has 0 aliphatic heterocycles. The topological polar surface area (TPSA) is 84.9 Å². The summed E-state index contributed by atoms with van der Waals surface area (Å²) in [6.45, 7) is 0.149. The van der Waals surface area contributed by atoms with Crippen molar-refractivity contribution in [3.05, 3.63) is 53.6 Å². The summed E-state index contributed by atoms with van der Waals surface area (Å²) in [5.41, 5.74) is 0.177. The minimum atomic E-state index is -4.03. The SMILES string of the molecule is COCCNC(=O)CN(c1cc(Cl)ccc1OC)S(=O)(=O)c1ccccc1. The van der Waals surface area contributed by atoms with E-state index in [0.29, 0.717) is 11.6 Å². The number of carbonyl (C=O) groups excluding carboxylic acids is 1. The van der Waals surface area contributed by atoms with Crippen LogP contribution in [0.3, 0.4) is 0 Å². The average Bonchev–Trinajstić information content (AvgIpc) is 2.67. The predicted molar refractivity (Wildman–Crippen MR) is 104 cm³/mol. The standard InChI is InChI=1S/C18H21ClN2O5S/c1-25-11-10-20-18(22)13-21(16-12-14(19)8-9-17(16)26-2)27(23,24)15-6-4-3-5-7-15/h3-9,12H,10-11,13H2,1-2H3,(H,20,22). The highest BCUT2D eigenvalue weighted by Gasteiger charge is 2.29. The molecule has 1 amide bonds. The minimum absolute atomic E-state index is 0.0525. The molecule has 0 fully saturated rings. The Labute approximate surface area is 163 Å². The first-order valence-corrected chi connectivity index (χ1v) is 9.89. The Morgan fingerprint density at radius 1 is 1.15 bits per heavy atom. The highest BCUT2D eigenvalue weighted by Crippen LogP contribution is 2.34. The molecule has 2 aromatic rings. The van der Waals surface area contributed by atoms with Crippen molar-refractivity contribution in [2.24, 2.45) is 0 Å². The van der Waals surface area contributed by atoms with E-state index in [2.05, 4.69) is 5.32 Å². The summed E-state index contributed by atoms with van der Waals surface area (Å²) in [5, 5.41) is 2.93. The Hall–Kier alpha value is -2.29. The first-order chi connectivity index (χ1) is 12.9. The summed E-state index contributed by atoms with van der Waals surface area (Å²) in [6.07, 6.45) is 0. The molecule has 0 unspecified atom stereocenters. The number of halogens is 1. The van der Waals surface area contributed by atoms with Crippen LogP contribution >= 0.6 is 11.6 Å². The summed E-state index contributed by atoms with van der Waals surface area (Å²) in [6, 6.07) is 12.4. The number of methoxy groups -OCH3 is 2. The fourth-order valence-electron chi connectivity index (χ4n) is 2.36. The van der Waals surface area contributed by atoms with Gasteiger partial charge in [-0.3, -0.25) is 9.10 Å². The van der Waals surface area contributed by atoms with Crippen molar-refractivity contribution in [2.75, 3.05) is 38.2 Å². The molecule has 0 atom stereocenters. The van der Waals surface area contributed by atoms with Crippen LogP contribution in [0.25, 0.3) is 0 Å². The zero-order valence-corrected chi connectivity index (χ0v) is 16.6. The van der Waals surface area contributed by atoms with Crippen LogP contribution in [0.15, 0.2) is 53.4 Å². The van der Waals surface area contributed by atoms with Crippen LogP contribution in [-0.4, -0.2) is 48.2 Å². The fraction of sp³-hybridized carbons (Fsp3) is 0.278. The zero-order chi connectivity index (χ0) is 19.9. The minimum Gasteiger partial charge on any atom is -0.495 e. The molecule has 2 aromatic carbocycles. The van der Waals surface area contributed by atoms with E-state index >= 15 is 0 Å². The van der Waals surface area contributed by atoms with Gasteiger partial charge in [-0.05, 0) is 30.3 Å². The van der Waals surface area contributed by atoms with Crippen LogP contribution in [-0.2, 0) is 19.6 Å². The molecular weight excluding hydrogens is 392 g/mol. The molecule has 2 rings (SSSR count). The van der Waals surface area contributed by atoms with Gasteiger partial charge in [-0.25, -0.2) is 8.42 Å². The van der Waals surface area contributed by atoms with Gasteiger partial charge in [0.25, 0.3) is 10.0 Å². The number of carbonyl (C=O) groups is 1. The molecule has 0 radical (unpaired) electrons. The first-order valence-electron chi connectivity index (χ1n) is 8.07. The van der Waals surface area contributed by atoms with Crippen molar-refractivity contribution in [3.8, 4) is 5.75 Å². The van der Waals surface area contributed by atoms with Gasteiger partial charge in [0.1, 0.15) is 12.3 Å². The number of nitrogens with one attached hydrogen (secondary N) is 1. The molecule has 0 bridgehead atoms. The number of nitrogens with zero attached hydrogens (tertiary/aromatic N) is 1. The van der Waals surface area contributed by atoms with Gasteiger partial charge >= 0.3 is 0 Å². The van der Waals surface area contributed by atoms with Gasteiger partial charge in [-0.1, -0.05) is 29.8 Å². The molecule has 0 saturated heterocycles. The van der Waals surface area contributed by atoms with Crippen LogP contribution in [0.1, 0.15) is 0 Å². The Balaban J connectivity index is 2.46. The largest absolute Gasteiger partial charge is 0.495 e. The maximum atomic E-state index is 13.2. The number of rotatable bonds is 9. The van der Waals surface area contributed by atoms with Crippen LogP contribution in [0.2, 0.25) is 5.02 Å². The summed E-state index contributed by atoms with van der Waals surface area (Å²) >= 11 is 6.06. The monoisotopic (exact) mass is 412 g/mol. The molecule has 146 valence electrons. The summed E-state index contributed by atoms with van der Waals surface area (Å²) < 4.78 is 37.5. The second-order valence-electron chi connectivity index (χ2n) is 5.48. The molecule has 0 saturated carbocycles. The molecule has 0 aromatic heterocycles. The second kappa shape index (κ2) is 9.59. The van der Waals surface area contributed by atoms with Gasteiger partial charge in [0.15, 0.2) is 0 Å². The predicted octanol–water partition coefficient (Wildman–Crippen LogP) is 2.31. The third-order valence-electron chi connectivity index (χ3n) is 3.66. The summed E-state index contributed by atoms with van der Waals surface area (Å²) in [7, 11) is -1.10. The Bertz CT molecular complexity index is 875. The third-order valence-corrected chi connectivity index (χ3v) is 5.67. The molecule has 0 spiro atoms. The number of hydrogen-bond acceptors (Lipinski definition) is 5. The van der Waals surface area contributed by atoms with Gasteiger partial charge in [0.05, 0.1) is 24.3 Å². The lowest BCUT2D eigenvalue weighted by atomic mass is 10.3. The van der Waals surface area contributed by atoms with E-state index in [-0.39, 0.29) is 22.9 Å². The molecule has 9 heteroatoms. The number of anilines is 1. The van der Waals surface area contributed by atoms with E-state index in [1.165, 1.54) is 32.4 Å². The number of sulfonamides is 1. The van der Waals surface area contributed by atoms with E-state index in [0.717, 1.165) is 4.31 Å². The molecule has 0 aliphatic carbocycles. The van der Waals surface area contributed by atoms with Crippen LogP contribution in [0, 0.1) is 0 Å². The van der Waals surface area contributed by atoms with Gasteiger partial charge in [-0.2, -0.15) is 0 Å². The van der Waals surface area contributed by atoms with Gasteiger partial charge < -0.3 is 14.8 Å². The Morgan fingerprint density at radius 2 is 1.85 bits per heavy atom. The van der Waals surface area contributed by atoms with Crippen molar-refractivity contribution in [2.45, 2.75) is 4.90 Å². The van der Waals surface area contributed by atoms with Gasteiger partial charge in [0.2, 0.25) is 5.91 Å². The van der Waals surface area contributed by atoms with E-state index in [9.17, 15) is 13.2 Å². The summed E-state index contributed by atoms with van der Waals surface area (Å²) in [4.78, 5) is 12.4. The number of hydrogen-bond donors (Lipinski definition) is 1. The van der Waals surface area contributed by atoms with E-state index < -0.39 is 22.5 Å². The quantitative estimate of drug-likeness (QED) is 0.639. The lowest BCUT2D eigenvalue weighted by Gasteiger charge is -2.25. The van der Waals surface area contributed by atoms with Crippen molar-refractivity contribution < 1.29 is 22.7 Å². The van der Waals surface area contributed by atoms with Crippen molar-refractivity contribution in [3.63, 3.8) is 0 Å². The van der Waals surface area contributed by atoms with Crippen molar-refractivity contribution in [1.29, 1.82) is 0 Å². The third kappa shape index (κ3) is 5.35. The van der Waals surface area contributed by atoms with Crippen LogP contribution < -0.4 is 14.4 Å². The number of amides is 1. The van der Waals surface area contributed by atoms with E-state index in [1.54, 1.807) is 30.3 Å². The van der Waals surface area contributed by atoms with Crippen molar-refractivity contribution >= 4 is 33.2 Å². The second-order valence-corrected chi connectivity index (χ2v) is 7.78. The lowest BCUT2D eigenvalue weighted by molar-refractivity contribution is -0.119. The van der Waals surface area contributed by atoms with Crippen LogP contribution in [0.4, 0.5) is 5.69 Å².